The van der Waals surface area contributed by atoms with E-state index in [0.29, 0.717) is 18.8 Å². The quantitative estimate of drug-likeness (QED) is 0.687. The molecule has 0 radical (unpaired) electrons. The zero-order valence-corrected chi connectivity index (χ0v) is 10.1. The maximum Gasteiger partial charge on any atom is 0.253 e. The molecule has 1 amide bonds. The van der Waals surface area contributed by atoms with Gasteiger partial charge in [-0.1, -0.05) is 0 Å². The van der Waals surface area contributed by atoms with Gasteiger partial charge >= 0.3 is 0 Å². The van der Waals surface area contributed by atoms with Crippen LogP contribution < -0.4 is 11.2 Å². The maximum absolute atomic E-state index is 13.1. The molecule has 2 heterocycles. The first-order valence-electron chi connectivity index (χ1n) is 6.06. The number of nitrogens with two attached hydrogens (primary N) is 1. The number of hydrazine groups is 1. The second kappa shape index (κ2) is 3.64. The van der Waals surface area contributed by atoms with Gasteiger partial charge in [0.05, 0.1) is 12.1 Å². The summed E-state index contributed by atoms with van der Waals surface area (Å²) in [6, 6.07) is -0.913. The second-order valence-corrected chi connectivity index (χ2v) is 5.20. The number of nitrogens with zero attached hydrogens (tertiary/aromatic N) is 2. The predicted octanol–water partition coefficient (Wildman–Crippen LogP) is -0.139. The first kappa shape index (κ1) is 11.9. The van der Waals surface area contributed by atoms with E-state index in [-0.39, 0.29) is 18.4 Å². The topological polar surface area (TPSA) is 61.6 Å². The molecule has 2 aliphatic heterocycles. The normalized spacial score (nSPS) is 38.3. The van der Waals surface area contributed by atoms with Crippen molar-refractivity contribution in [2.75, 3.05) is 13.6 Å². The number of alkyl halides is 2. The number of carbonyl (C=O) groups excluding carboxylic acids is 1. The highest BCUT2D eigenvalue weighted by Gasteiger charge is 2.61. The SMILES string of the molecule is CN1C(=O)C(N)CCN2NC([C@@H]3CC3(F)F)C=C21. The van der Waals surface area contributed by atoms with Crippen molar-refractivity contribution in [2.24, 2.45) is 11.7 Å². The first-order valence-corrected chi connectivity index (χ1v) is 6.06. The van der Waals surface area contributed by atoms with Crippen molar-refractivity contribution in [3.8, 4) is 0 Å². The molecular weight excluding hydrogens is 242 g/mol. The van der Waals surface area contributed by atoms with Gasteiger partial charge in [-0.2, -0.15) is 0 Å². The molecule has 0 aromatic rings. The Balaban J connectivity index is 1.81. The largest absolute Gasteiger partial charge is 0.320 e. The van der Waals surface area contributed by atoms with Crippen LogP contribution in [0.25, 0.3) is 0 Å². The van der Waals surface area contributed by atoms with Crippen LogP contribution in [-0.4, -0.2) is 47.4 Å². The molecule has 0 bridgehead atoms. The summed E-state index contributed by atoms with van der Waals surface area (Å²) >= 11 is 0. The van der Waals surface area contributed by atoms with Crippen LogP contribution >= 0.6 is 0 Å². The third-order valence-electron chi connectivity index (χ3n) is 3.87. The monoisotopic (exact) mass is 258 g/mol. The number of halogens is 2. The fraction of sp³-hybridized carbons (Fsp3) is 0.727. The van der Waals surface area contributed by atoms with Crippen LogP contribution in [0.2, 0.25) is 0 Å². The van der Waals surface area contributed by atoms with E-state index in [4.69, 9.17) is 5.73 Å². The Morgan fingerprint density at radius 2 is 2.22 bits per heavy atom. The van der Waals surface area contributed by atoms with Crippen molar-refractivity contribution >= 4 is 5.91 Å². The van der Waals surface area contributed by atoms with Crippen molar-refractivity contribution in [2.45, 2.75) is 30.8 Å². The summed E-state index contributed by atoms with van der Waals surface area (Å²) in [6.45, 7) is 0.553. The summed E-state index contributed by atoms with van der Waals surface area (Å²) in [5.74, 6) is -2.76. The Hall–Kier alpha value is -1.21. The van der Waals surface area contributed by atoms with Gasteiger partial charge in [-0.3, -0.25) is 14.7 Å². The Morgan fingerprint density at radius 3 is 2.83 bits per heavy atom. The van der Waals surface area contributed by atoms with Gasteiger partial charge in [0.2, 0.25) is 5.91 Å². The molecule has 100 valence electrons. The Bertz CT molecular complexity index is 425. The summed E-state index contributed by atoms with van der Waals surface area (Å²) in [7, 11) is 1.63. The van der Waals surface area contributed by atoms with Crippen molar-refractivity contribution < 1.29 is 13.6 Å². The van der Waals surface area contributed by atoms with Crippen LogP contribution in [0.1, 0.15) is 12.8 Å². The molecule has 0 aromatic heterocycles. The molecule has 3 aliphatic rings. The minimum Gasteiger partial charge on any atom is -0.320 e. The van der Waals surface area contributed by atoms with E-state index in [2.05, 4.69) is 5.43 Å². The molecule has 5 nitrogen and oxygen atoms in total. The fourth-order valence-corrected chi connectivity index (χ4v) is 2.59. The van der Waals surface area contributed by atoms with Crippen LogP contribution in [0.4, 0.5) is 8.78 Å². The van der Waals surface area contributed by atoms with Crippen LogP contribution in [0.3, 0.4) is 0 Å². The maximum atomic E-state index is 13.1. The van der Waals surface area contributed by atoms with Crippen molar-refractivity contribution in [3.05, 3.63) is 11.9 Å². The Morgan fingerprint density at radius 1 is 1.56 bits per heavy atom. The third-order valence-corrected chi connectivity index (χ3v) is 3.87. The molecule has 1 saturated heterocycles. The molecule has 2 unspecified atom stereocenters. The fourth-order valence-electron chi connectivity index (χ4n) is 2.59. The molecule has 1 saturated carbocycles. The molecular formula is C11H16F2N4O. The highest BCUT2D eigenvalue weighted by Crippen LogP contribution is 2.52. The lowest BCUT2D eigenvalue weighted by molar-refractivity contribution is -0.129. The van der Waals surface area contributed by atoms with E-state index in [1.165, 1.54) is 4.90 Å². The summed E-state index contributed by atoms with van der Waals surface area (Å²) in [5, 5.41) is 1.75. The van der Waals surface area contributed by atoms with E-state index in [1.54, 1.807) is 18.1 Å². The van der Waals surface area contributed by atoms with E-state index < -0.39 is 17.9 Å². The smallest absolute Gasteiger partial charge is 0.253 e. The van der Waals surface area contributed by atoms with Crippen molar-refractivity contribution in [1.82, 2.24) is 15.3 Å². The average Bonchev–Trinajstić information content (AvgIpc) is 2.81. The highest BCUT2D eigenvalue weighted by atomic mass is 19.3. The minimum absolute atomic E-state index is 0.0839. The summed E-state index contributed by atoms with van der Waals surface area (Å²) < 4.78 is 26.1. The lowest BCUT2D eigenvalue weighted by Crippen LogP contribution is -2.41. The molecule has 1 aliphatic carbocycles. The molecule has 3 rings (SSSR count). The van der Waals surface area contributed by atoms with Gasteiger partial charge in [0.15, 0.2) is 0 Å². The molecule has 3 atom stereocenters. The Kier molecular flexibility index (Phi) is 2.40. The van der Waals surface area contributed by atoms with E-state index in [9.17, 15) is 13.6 Å². The van der Waals surface area contributed by atoms with Gasteiger partial charge in [-0.15, -0.1) is 0 Å². The van der Waals surface area contributed by atoms with Gasteiger partial charge in [0, 0.05) is 25.9 Å². The van der Waals surface area contributed by atoms with Gasteiger partial charge in [-0.25, -0.2) is 14.2 Å². The number of rotatable bonds is 1. The summed E-state index contributed by atoms with van der Waals surface area (Å²) in [4.78, 5) is 13.3. The number of hydrogen-bond donors (Lipinski definition) is 2. The zero-order valence-electron chi connectivity index (χ0n) is 10.1. The average molecular weight is 258 g/mol. The molecule has 7 heteroatoms. The first-order chi connectivity index (χ1) is 8.40. The minimum atomic E-state index is -2.57. The van der Waals surface area contributed by atoms with Crippen LogP contribution in [0, 0.1) is 5.92 Å². The molecule has 3 N–H and O–H groups in total. The number of amides is 1. The van der Waals surface area contributed by atoms with Crippen molar-refractivity contribution in [3.63, 3.8) is 0 Å². The second-order valence-electron chi connectivity index (χ2n) is 5.20. The highest BCUT2D eigenvalue weighted by molar-refractivity contribution is 5.83. The number of fused-ring (bicyclic) bond motifs is 1. The number of carbonyl (C=O) groups is 1. The van der Waals surface area contributed by atoms with Gasteiger partial charge in [0.1, 0.15) is 5.82 Å². The lowest BCUT2D eigenvalue weighted by Gasteiger charge is -2.25. The van der Waals surface area contributed by atoms with Gasteiger partial charge in [-0.05, 0) is 12.5 Å². The molecule has 0 spiro atoms. The molecule has 18 heavy (non-hydrogen) atoms. The van der Waals surface area contributed by atoms with Gasteiger partial charge < -0.3 is 5.73 Å². The number of hydrogen-bond acceptors (Lipinski definition) is 4. The summed E-state index contributed by atoms with van der Waals surface area (Å²) in [5.41, 5.74) is 8.76. The zero-order chi connectivity index (χ0) is 13.1. The lowest BCUT2D eigenvalue weighted by atomic mass is 10.2. The Labute approximate surface area is 104 Å². The van der Waals surface area contributed by atoms with Crippen LogP contribution in [-0.2, 0) is 4.79 Å². The summed E-state index contributed by atoms with van der Waals surface area (Å²) in [6.07, 6.45) is 2.14. The number of nitrogens with one attached hydrogen (secondary N) is 1. The predicted molar refractivity (Wildman–Crippen MR) is 60.1 cm³/mol. The third kappa shape index (κ3) is 1.69. The van der Waals surface area contributed by atoms with Crippen molar-refractivity contribution in [1.29, 1.82) is 0 Å². The molecule has 2 fully saturated rings. The van der Waals surface area contributed by atoms with Crippen LogP contribution in [0.15, 0.2) is 11.9 Å². The number of likely N-dealkylation sites (N-methyl/N-ethyl adjacent to an activating group) is 1. The van der Waals surface area contributed by atoms with E-state index in [1.807, 2.05) is 0 Å². The van der Waals surface area contributed by atoms with Crippen LogP contribution in [0.5, 0.6) is 0 Å². The van der Waals surface area contributed by atoms with Gasteiger partial charge in [0.25, 0.3) is 5.92 Å². The van der Waals surface area contributed by atoms with E-state index >= 15 is 0 Å². The van der Waals surface area contributed by atoms with E-state index in [0.717, 1.165) is 0 Å². The standard InChI is InChI=1S/C11H16F2N4O/c1-16-9-4-8(6-5-11(6,12)13)15-17(9)3-2-7(14)10(16)18/h4,6-8,15H,2-3,5,14H2,1H3/t6-,7?,8?/m0/s1. The molecule has 0 aromatic carbocycles.